The van der Waals surface area contributed by atoms with Gasteiger partial charge in [-0.25, -0.2) is 4.98 Å². The molecule has 0 aliphatic carbocycles. The number of rotatable bonds is 3. The monoisotopic (exact) mass is 266 g/mol. The number of aliphatic hydroxyl groups excluding tert-OH is 1. The van der Waals surface area contributed by atoms with Crippen molar-refractivity contribution in [1.29, 1.82) is 0 Å². The normalized spacial score (nSPS) is 12.3. The lowest BCUT2D eigenvalue weighted by Crippen LogP contribution is -1.94. The Morgan fingerprint density at radius 2 is 1.90 bits per heavy atom. The van der Waals surface area contributed by atoms with Crippen molar-refractivity contribution in [2.24, 2.45) is 0 Å². The number of para-hydroxylation sites is 1. The third-order valence-corrected chi connectivity index (χ3v) is 3.05. The fourth-order valence-electron chi connectivity index (χ4n) is 1.97. The number of aliphatic hydroxyl groups is 1. The number of fused-ring (bicyclic) bond motifs is 1. The van der Waals surface area contributed by atoms with Crippen LogP contribution in [0.25, 0.3) is 10.9 Å². The van der Waals surface area contributed by atoms with E-state index >= 15 is 0 Å². The number of hydrogen-bond acceptors (Lipinski definition) is 4. The minimum absolute atomic E-state index is 0.479. The summed E-state index contributed by atoms with van der Waals surface area (Å²) in [5.41, 5.74) is 1.56. The molecular formula is C16H14N2O2. The van der Waals surface area contributed by atoms with E-state index in [9.17, 15) is 5.11 Å². The van der Waals surface area contributed by atoms with Crippen molar-refractivity contribution < 1.29 is 9.84 Å². The van der Waals surface area contributed by atoms with Crippen LogP contribution in [0, 0.1) is 0 Å². The second-order valence-corrected chi connectivity index (χ2v) is 4.54. The number of aromatic nitrogens is 2. The molecule has 1 atom stereocenters. The molecule has 0 saturated heterocycles. The smallest absolute Gasteiger partial charge is 0.219 e. The number of benzene rings is 1. The second kappa shape index (κ2) is 5.27. The standard InChI is InChI=1S/C16H14N2O2/c1-11(19)13-7-8-15(18-10-13)20-14-6-2-4-12-5-3-9-17-16(12)14/h2-11,19H,1H3/t11-/m1/s1. The molecule has 0 radical (unpaired) electrons. The van der Waals surface area contributed by atoms with Crippen LogP contribution in [0.15, 0.2) is 54.9 Å². The van der Waals surface area contributed by atoms with Crippen molar-refractivity contribution >= 4 is 10.9 Å². The first-order valence-electron chi connectivity index (χ1n) is 6.39. The Morgan fingerprint density at radius 1 is 1.05 bits per heavy atom. The average Bonchev–Trinajstić information content (AvgIpc) is 2.48. The molecule has 2 heterocycles. The van der Waals surface area contributed by atoms with E-state index in [1.165, 1.54) is 0 Å². The van der Waals surface area contributed by atoms with Crippen molar-refractivity contribution in [3.05, 3.63) is 60.4 Å². The zero-order valence-corrected chi connectivity index (χ0v) is 11.0. The lowest BCUT2D eigenvalue weighted by atomic mass is 10.2. The fourth-order valence-corrected chi connectivity index (χ4v) is 1.97. The molecule has 1 N–H and O–H groups in total. The van der Waals surface area contributed by atoms with Crippen molar-refractivity contribution in [3.8, 4) is 11.6 Å². The second-order valence-electron chi connectivity index (χ2n) is 4.54. The average molecular weight is 266 g/mol. The van der Waals surface area contributed by atoms with Crippen LogP contribution in [-0.4, -0.2) is 15.1 Å². The summed E-state index contributed by atoms with van der Waals surface area (Å²) in [5.74, 6) is 1.15. The molecule has 4 nitrogen and oxygen atoms in total. The van der Waals surface area contributed by atoms with E-state index in [1.54, 1.807) is 31.5 Å². The zero-order chi connectivity index (χ0) is 13.9. The van der Waals surface area contributed by atoms with Gasteiger partial charge in [-0.2, -0.15) is 0 Å². The quantitative estimate of drug-likeness (QED) is 0.788. The van der Waals surface area contributed by atoms with Crippen molar-refractivity contribution in [2.75, 3.05) is 0 Å². The highest BCUT2D eigenvalue weighted by atomic mass is 16.5. The maximum atomic E-state index is 9.45. The molecule has 0 spiro atoms. The van der Waals surface area contributed by atoms with Crippen LogP contribution < -0.4 is 4.74 Å². The Bertz CT molecular complexity index is 719. The van der Waals surface area contributed by atoms with Crippen molar-refractivity contribution in [1.82, 2.24) is 9.97 Å². The molecule has 0 aliphatic rings. The number of hydrogen-bond donors (Lipinski definition) is 1. The van der Waals surface area contributed by atoms with Crippen LogP contribution in [0.3, 0.4) is 0 Å². The SMILES string of the molecule is C[C@@H](O)c1ccc(Oc2cccc3cccnc23)nc1. The van der Waals surface area contributed by atoms with Gasteiger partial charge in [0.1, 0.15) is 5.52 Å². The Labute approximate surface area is 116 Å². The minimum Gasteiger partial charge on any atom is -0.437 e. The molecule has 3 rings (SSSR count). The van der Waals surface area contributed by atoms with E-state index in [1.807, 2.05) is 30.3 Å². The maximum Gasteiger partial charge on any atom is 0.219 e. The fraction of sp³-hybridized carbons (Fsp3) is 0.125. The van der Waals surface area contributed by atoms with E-state index in [2.05, 4.69) is 9.97 Å². The minimum atomic E-state index is -0.532. The van der Waals surface area contributed by atoms with Gasteiger partial charge < -0.3 is 9.84 Å². The molecule has 3 aromatic rings. The summed E-state index contributed by atoms with van der Waals surface area (Å²) in [6.45, 7) is 1.70. The zero-order valence-electron chi connectivity index (χ0n) is 11.0. The van der Waals surface area contributed by atoms with Crippen LogP contribution in [0.5, 0.6) is 11.6 Å². The molecule has 1 aromatic carbocycles. The lowest BCUT2D eigenvalue weighted by molar-refractivity contribution is 0.198. The highest BCUT2D eigenvalue weighted by Crippen LogP contribution is 2.27. The Kier molecular flexibility index (Phi) is 3.31. The maximum absolute atomic E-state index is 9.45. The predicted octanol–water partition coefficient (Wildman–Crippen LogP) is 3.48. The third kappa shape index (κ3) is 2.46. The number of nitrogens with zero attached hydrogens (tertiary/aromatic N) is 2. The van der Waals surface area contributed by atoms with E-state index in [-0.39, 0.29) is 0 Å². The van der Waals surface area contributed by atoms with Gasteiger partial charge in [0.25, 0.3) is 0 Å². The van der Waals surface area contributed by atoms with Crippen LogP contribution >= 0.6 is 0 Å². The highest BCUT2D eigenvalue weighted by Gasteiger charge is 2.06. The summed E-state index contributed by atoms with van der Waals surface area (Å²) in [7, 11) is 0. The van der Waals surface area contributed by atoms with Crippen LogP contribution in [0.4, 0.5) is 0 Å². The van der Waals surface area contributed by atoms with Crippen molar-refractivity contribution in [3.63, 3.8) is 0 Å². The van der Waals surface area contributed by atoms with Crippen LogP contribution in [0.2, 0.25) is 0 Å². The van der Waals surface area contributed by atoms with E-state index in [0.717, 1.165) is 16.5 Å². The molecular weight excluding hydrogens is 252 g/mol. The number of pyridine rings is 2. The van der Waals surface area contributed by atoms with Gasteiger partial charge in [-0.1, -0.05) is 18.2 Å². The Hall–Kier alpha value is -2.46. The van der Waals surface area contributed by atoms with Gasteiger partial charge in [-0.05, 0) is 30.7 Å². The predicted molar refractivity (Wildman–Crippen MR) is 76.7 cm³/mol. The summed E-state index contributed by atoms with van der Waals surface area (Å²) >= 11 is 0. The van der Waals surface area contributed by atoms with E-state index in [4.69, 9.17) is 4.74 Å². The first-order valence-corrected chi connectivity index (χ1v) is 6.39. The van der Waals surface area contributed by atoms with Crippen LogP contribution in [-0.2, 0) is 0 Å². The Balaban J connectivity index is 1.93. The van der Waals surface area contributed by atoms with Gasteiger partial charge in [0.05, 0.1) is 6.10 Å². The first kappa shape index (κ1) is 12.6. The summed E-state index contributed by atoms with van der Waals surface area (Å²) in [6.07, 6.45) is 2.81. The molecule has 0 saturated carbocycles. The van der Waals surface area contributed by atoms with Gasteiger partial charge in [0, 0.05) is 23.8 Å². The summed E-state index contributed by atoms with van der Waals surface area (Å²) < 4.78 is 5.77. The van der Waals surface area contributed by atoms with Crippen molar-refractivity contribution in [2.45, 2.75) is 13.0 Å². The molecule has 2 aromatic heterocycles. The first-order chi connectivity index (χ1) is 9.74. The molecule has 0 amide bonds. The Morgan fingerprint density at radius 3 is 2.65 bits per heavy atom. The van der Waals surface area contributed by atoms with Gasteiger partial charge in [-0.15, -0.1) is 0 Å². The lowest BCUT2D eigenvalue weighted by Gasteiger charge is -2.08. The third-order valence-electron chi connectivity index (χ3n) is 3.05. The van der Waals surface area contributed by atoms with Gasteiger partial charge in [0.2, 0.25) is 5.88 Å². The molecule has 4 heteroatoms. The van der Waals surface area contributed by atoms with Gasteiger partial charge in [-0.3, -0.25) is 4.98 Å². The molecule has 20 heavy (non-hydrogen) atoms. The van der Waals surface area contributed by atoms with Gasteiger partial charge >= 0.3 is 0 Å². The molecule has 0 aliphatic heterocycles. The van der Waals surface area contributed by atoms with Crippen LogP contribution in [0.1, 0.15) is 18.6 Å². The topological polar surface area (TPSA) is 55.2 Å². The summed E-state index contributed by atoms with van der Waals surface area (Å²) in [5, 5.41) is 10.5. The molecule has 0 bridgehead atoms. The largest absolute Gasteiger partial charge is 0.437 e. The van der Waals surface area contributed by atoms with E-state index < -0.39 is 6.10 Å². The van der Waals surface area contributed by atoms with E-state index in [0.29, 0.717) is 11.6 Å². The molecule has 0 fully saturated rings. The number of ether oxygens (including phenoxy) is 1. The molecule has 100 valence electrons. The highest BCUT2D eigenvalue weighted by molar-refractivity contribution is 5.84. The summed E-state index contributed by atoms with van der Waals surface area (Å²) in [4.78, 5) is 8.52. The molecule has 0 unspecified atom stereocenters. The summed E-state index contributed by atoms with van der Waals surface area (Å²) in [6, 6.07) is 13.2. The van der Waals surface area contributed by atoms with Gasteiger partial charge in [0.15, 0.2) is 5.75 Å².